The van der Waals surface area contributed by atoms with Crippen LogP contribution < -0.4 is 0 Å². The Morgan fingerprint density at radius 2 is 2.42 bits per heavy atom. The molecule has 3 nitrogen and oxygen atoms in total. The number of aliphatic hydroxyl groups excluding tert-OH is 1. The van der Waals surface area contributed by atoms with Gasteiger partial charge in [-0.2, -0.15) is 5.10 Å². The highest BCUT2D eigenvalue weighted by molar-refractivity contribution is 5.11. The maximum absolute atomic E-state index is 8.85. The molecule has 0 unspecified atom stereocenters. The lowest BCUT2D eigenvalue weighted by atomic mass is 10.2. The van der Waals surface area contributed by atoms with Gasteiger partial charge in [-0.25, -0.2) is 0 Å². The second-order valence-corrected chi connectivity index (χ2v) is 3.56. The van der Waals surface area contributed by atoms with Crippen LogP contribution in [0.1, 0.15) is 24.2 Å². The van der Waals surface area contributed by atoms with E-state index in [2.05, 4.69) is 5.10 Å². The van der Waals surface area contributed by atoms with Gasteiger partial charge in [0.2, 0.25) is 0 Å². The summed E-state index contributed by atoms with van der Waals surface area (Å²) in [4.78, 5) is 0. The van der Waals surface area contributed by atoms with Crippen LogP contribution >= 0.6 is 0 Å². The van der Waals surface area contributed by atoms with Gasteiger partial charge in [0, 0.05) is 12.7 Å². The lowest BCUT2D eigenvalue weighted by Crippen LogP contribution is -1.99. The number of nitrogens with zero attached hydrogens (tertiary/aromatic N) is 2. The first-order valence-electron chi connectivity index (χ1n) is 4.42. The third kappa shape index (κ3) is 1.50. The molecule has 1 fully saturated rings. The van der Waals surface area contributed by atoms with Crippen molar-refractivity contribution in [2.45, 2.75) is 25.9 Å². The Hall–Kier alpha value is -0.830. The molecule has 12 heavy (non-hydrogen) atoms. The van der Waals surface area contributed by atoms with E-state index in [1.807, 2.05) is 17.8 Å². The van der Waals surface area contributed by atoms with Gasteiger partial charge in [-0.05, 0) is 31.2 Å². The zero-order valence-electron chi connectivity index (χ0n) is 7.32. The first-order chi connectivity index (χ1) is 5.79. The smallest absolute Gasteiger partial charge is 0.0881 e. The third-order valence-corrected chi connectivity index (χ3v) is 2.38. The van der Waals surface area contributed by atoms with Gasteiger partial charge in [-0.1, -0.05) is 0 Å². The van der Waals surface area contributed by atoms with Crippen LogP contribution in [0.15, 0.2) is 6.07 Å². The van der Waals surface area contributed by atoms with Crippen molar-refractivity contribution < 1.29 is 5.11 Å². The van der Waals surface area contributed by atoms with Crippen LogP contribution in [0.2, 0.25) is 0 Å². The molecule has 0 amide bonds. The average Bonchev–Trinajstić information content (AvgIpc) is 2.78. The van der Waals surface area contributed by atoms with E-state index in [1.54, 1.807) is 0 Å². The molecule has 0 spiro atoms. The Balaban J connectivity index is 2.12. The Morgan fingerprint density at radius 3 is 2.92 bits per heavy atom. The van der Waals surface area contributed by atoms with Crippen molar-refractivity contribution in [2.75, 3.05) is 0 Å². The molecule has 0 saturated heterocycles. The van der Waals surface area contributed by atoms with Gasteiger partial charge in [0.15, 0.2) is 0 Å². The quantitative estimate of drug-likeness (QED) is 0.723. The van der Waals surface area contributed by atoms with Crippen LogP contribution in [-0.2, 0) is 20.1 Å². The fraction of sp³-hybridized carbons (Fsp3) is 0.667. The second kappa shape index (κ2) is 2.90. The molecule has 0 radical (unpaired) electrons. The molecule has 1 aliphatic rings. The highest BCUT2D eigenvalue weighted by Gasteiger charge is 2.23. The van der Waals surface area contributed by atoms with Crippen molar-refractivity contribution in [1.29, 1.82) is 0 Å². The minimum absolute atomic E-state index is 0.0541. The van der Waals surface area contributed by atoms with Crippen LogP contribution in [0.3, 0.4) is 0 Å². The molecule has 0 aliphatic heterocycles. The van der Waals surface area contributed by atoms with Crippen LogP contribution in [0.4, 0.5) is 0 Å². The zero-order chi connectivity index (χ0) is 8.55. The summed E-state index contributed by atoms with van der Waals surface area (Å²) in [6.45, 7) is 0.0541. The van der Waals surface area contributed by atoms with Crippen molar-refractivity contribution in [3.63, 3.8) is 0 Å². The molecule has 1 aromatic rings. The standard InChI is InChI=1S/C9H14N2O/c1-11-9(4-7-2-3-7)5-8(6-12)10-11/h5,7,12H,2-4,6H2,1H3. The van der Waals surface area contributed by atoms with Crippen molar-refractivity contribution >= 4 is 0 Å². The minimum atomic E-state index is 0.0541. The van der Waals surface area contributed by atoms with Gasteiger partial charge in [0.1, 0.15) is 0 Å². The topological polar surface area (TPSA) is 38.0 Å². The van der Waals surface area contributed by atoms with Gasteiger partial charge >= 0.3 is 0 Å². The molecule has 3 heteroatoms. The average molecular weight is 166 g/mol. The lowest BCUT2D eigenvalue weighted by Gasteiger charge is -1.97. The van der Waals surface area contributed by atoms with Gasteiger partial charge in [0.25, 0.3) is 0 Å². The monoisotopic (exact) mass is 166 g/mol. The summed E-state index contributed by atoms with van der Waals surface area (Å²) < 4.78 is 1.88. The summed E-state index contributed by atoms with van der Waals surface area (Å²) in [6, 6.07) is 2.00. The fourth-order valence-electron chi connectivity index (χ4n) is 1.46. The van der Waals surface area contributed by atoms with Crippen LogP contribution in [0.5, 0.6) is 0 Å². The maximum Gasteiger partial charge on any atom is 0.0881 e. The summed E-state index contributed by atoms with van der Waals surface area (Å²) in [5.41, 5.74) is 2.04. The van der Waals surface area contributed by atoms with Gasteiger partial charge < -0.3 is 5.11 Å². The largest absolute Gasteiger partial charge is 0.390 e. The van der Waals surface area contributed by atoms with Crippen LogP contribution in [0.25, 0.3) is 0 Å². The summed E-state index contributed by atoms with van der Waals surface area (Å²) in [6.07, 6.45) is 3.85. The molecule has 1 N–H and O–H groups in total. The lowest BCUT2D eigenvalue weighted by molar-refractivity contribution is 0.275. The van der Waals surface area contributed by atoms with Gasteiger partial charge in [-0.3, -0.25) is 4.68 Å². The van der Waals surface area contributed by atoms with Crippen molar-refractivity contribution in [2.24, 2.45) is 13.0 Å². The predicted octanol–water partition coefficient (Wildman–Crippen LogP) is 0.865. The van der Waals surface area contributed by atoms with Crippen molar-refractivity contribution in [3.8, 4) is 0 Å². The van der Waals surface area contributed by atoms with Crippen molar-refractivity contribution in [1.82, 2.24) is 9.78 Å². The Bertz CT molecular complexity index is 276. The second-order valence-electron chi connectivity index (χ2n) is 3.56. The Morgan fingerprint density at radius 1 is 1.67 bits per heavy atom. The first kappa shape index (κ1) is 7.80. The molecule has 0 atom stereocenters. The predicted molar refractivity (Wildman–Crippen MR) is 45.6 cm³/mol. The number of aromatic nitrogens is 2. The first-order valence-corrected chi connectivity index (χ1v) is 4.42. The van der Waals surface area contributed by atoms with E-state index in [0.29, 0.717) is 0 Å². The maximum atomic E-state index is 8.85. The molecule has 2 rings (SSSR count). The minimum Gasteiger partial charge on any atom is -0.390 e. The number of hydrogen-bond acceptors (Lipinski definition) is 2. The molecule has 66 valence electrons. The molecule has 1 saturated carbocycles. The summed E-state index contributed by atoms with van der Waals surface area (Å²) in [5.74, 6) is 0.881. The highest BCUT2D eigenvalue weighted by Crippen LogP contribution is 2.32. The van der Waals surface area contributed by atoms with E-state index >= 15 is 0 Å². The molecule has 1 aliphatic carbocycles. The Labute approximate surface area is 72.0 Å². The molecule has 0 bridgehead atoms. The number of aryl methyl sites for hydroxylation is 1. The number of hydrogen-bond donors (Lipinski definition) is 1. The van der Waals surface area contributed by atoms with E-state index in [9.17, 15) is 0 Å². The molecule has 1 aromatic heterocycles. The number of rotatable bonds is 3. The summed E-state index contributed by atoms with van der Waals surface area (Å²) in [7, 11) is 1.94. The van der Waals surface area contributed by atoms with E-state index in [-0.39, 0.29) is 6.61 Å². The van der Waals surface area contributed by atoms with Gasteiger partial charge in [-0.15, -0.1) is 0 Å². The van der Waals surface area contributed by atoms with E-state index in [1.165, 1.54) is 18.5 Å². The molecular formula is C9H14N2O. The van der Waals surface area contributed by atoms with Crippen LogP contribution in [-0.4, -0.2) is 14.9 Å². The van der Waals surface area contributed by atoms with Crippen molar-refractivity contribution in [3.05, 3.63) is 17.5 Å². The van der Waals surface area contributed by atoms with Gasteiger partial charge in [0.05, 0.1) is 12.3 Å². The highest BCUT2D eigenvalue weighted by atomic mass is 16.3. The van der Waals surface area contributed by atoms with E-state index in [4.69, 9.17) is 5.11 Å². The summed E-state index contributed by atoms with van der Waals surface area (Å²) in [5, 5.41) is 13.0. The summed E-state index contributed by atoms with van der Waals surface area (Å²) >= 11 is 0. The molecular weight excluding hydrogens is 152 g/mol. The van der Waals surface area contributed by atoms with Crippen LogP contribution in [0, 0.1) is 5.92 Å². The van der Waals surface area contributed by atoms with E-state index < -0.39 is 0 Å². The normalized spacial score (nSPS) is 16.8. The molecule has 0 aromatic carbocycles. The SMILES string of the molecule is Cn1nc(CO)cc1CC1CC1. The Kier molecular flexibility index (Phi) is 1.89. The molecule has 1 heterocycles. The number of aliphatic hydroxyl groups is 1. The third-order valence-electron chi connectivity index (χ3n) is 2.38. The van der Waals surface area contributed by atoms with E-state index in [0.717, 1.165) is 18.0 Å². The zero-order valence-corrected chi connectivity index (χ0v) is 7.32. The fourth-order valence-corrected chi connectivity index (χ4v) is 1.46.